The van der Waals surface area contributed by atoms with E-state index in [2.05, 4.69) is 43.8 Å². The molecule has 0 saturated carbocycles. The first kappa shape index (κ1) is 12.1. The summed E-state index contributed by atoms with van der Waals surface area (Å²) in [6, 6.07) is 3.92. The lowest BCUT2D eigenvalue weighted by molar-refractivity contribution is 1.01. The average Bonchev–Trinajstić information content (AvgIpc) is 2.13. The van der Waals surface area contributed by atoms with E-state index < -0.39 is 0 Å². The summed E-state index contributed by atoms with van der Waals surface area (Å²) in [5.74, 6) is 0. The van der Waals surface area contributed by atoms with Crippen molar-refractivity contribution < 1.29 is 0 Å². The third-order valence-corrected chi connectivity index (χ3v) is 2.38. The molecule has 0 aromatic carbocycles. The van der Waals surface area contributed by atoms with Gasteiger partial charge in [-0.2, -0.15) is 0 Å². The number of nitrogens with zero attached hydrogens (tertiary/aromatic N) is 1. The lowest BCUT2D eigenvalue weighted by atomic mass is 10.3. The molecule has 1 aromatic rings. The number of hydrogen-bond donors (Lipinski definition) is 0. The van der Waals surface area contributed by atoms with Crippen LogP contribution in [0.2, 0.25) is 0 Å². The Bertz CT molecular complexity index is 236. The van der Waals surface area contributed by atoms with Gasteiger partial charge in [0, 0.05) is 4.47 Å². The van der Waals surface area contributed by atoms with Crippen molar-refractivity contribution in [2.45, 2.75) is 27.2 Å². The fraction of sp³-hybridized carbons (Fsp3) is 0.444. The van der Waals surface area contributed by atoms with Crippen molar-refractivity contribution in [2.75, 3.05) is 0 Å². The second-order valence-corrected chi connectivity index (χ2v) is 3.58. The monoisotopic (exact) mass is 293 g/mol. The van der Waals surface area contributed by atoms with Crippen LogP contribution < -0.4 is 0 Å². The van der Waals surface area contributed by atoms with Gasteiger partial charge in [-0.25, -0.2) is 4.98 Å². The molecule has 0 aliphatic rings. The molecule has 0 N–H and O–H groups in total. The van der Waals surface area contributed by atoms with Crippen molar-refractivity contribution >= 4 is 31.9 Å². The summed E-state index contributed by atoms with van der Waals surface area (Å²) in [7, 11) is 0. The fourth-order valence-corrected chi connectivity index (χ4v) is 1.55. The third-order valence-electron chi connectivity index (χ3n) is 1.22. The van der Waals surface area contributed by atoms with Crippen molar-refractivity contribution in [3.63, 3.8) is 0 Å². The lowest BCUT2D eigenvalue weighted by Crippen LogP contribution is -1.87. The van der Waals surface area contributed by atoms with Crippen LogP contribution in [-0.4, -0.2) is 4.98 Å². The first-order chi connectivity index (χ1) is 5.74. The van der Waals surface area contributed by atoms with E-state index in [1.54, 1.807) is 0 Å². The maximum atomic E-state index is 4.26. The molecule has 1 rings (SSSR count). The molecule has 1 nitrogen and oxygen atoms in total. The minimum Gasteiger partial charge on any atom is -0.245 e. The van der Waals surface area contributed by atoms with E-state index in [0.717, 1.165) is 21.2 Å². The molecular formula is C9H13Br2N. The molecule has 12 heavy (non-hydrogen) atoms. The van der Waals surface area contributed by atoms with Gasteiger partial charge in [0.1, 0.15) is 4.60 Å². The standard InChI is InChI=1S/C7H7Br2N.C2H6/c1-2-6-5(8)3-4-7(9)10-6;1-2/h3-4H,2H2,1H3;1-2H3. The molecule has 0 atom stereocenters. The number of hydrogen-bond acceptors (Lipinski definition) is 1. The van der Waals surface area contributed by atoms with Crippen molar-refractivity contribution in [2.24, 2.45) is 0 Å². The minimum absolute atomic E-state index is 0.896. The fourth-order valence-electron chi connectivity index (χ4n) is 0.706. The van der Waals surface area contributed by atoms with E-state index in [4.69, 9.17) is 0 Å². The number of aromatic nitrogens is 1. The summed E-state index contributed by atoms with van der Waals surface area (Å²) in [6.45, 7) is 6.08. The van der Waals surface area contributed by atoms with Crippen LogP contribution in [0.4, 0.5) is 0 Å². The van der Waals surface area contributed by atoms with Crippen molar-refractivity contribution in [1.82, 2.24) is 4.98 Å². The molecule has 0 aliphatic heterocycles. The Morgan fingerprint density at radius 1 is 1.25 bits per heavy atom. The SMILES string of the molecule is CC.CCc1nc(Br)ccc1Br. The summed E-state index contributed by atoms with van der Waals surface area (Å²) in [6.07, 6.45) is 0.958. The normalized spacial score (nSPS) is 8.75. The van der Waals surface area contributed by atoms with Crippen molar-refractivity contribution in [1.29, 1.82) is 0 Å². The van der Waals surface area contributed by atoms with Gasteiger partial charge in [0.25, 0.3) is 0 Å². The van der Waals surface area contributed by atoms with E-state index in [9.17, 15) is 0 Å². The smallest absolute Gasteiger partial charge is 0.106 e. The molecule has 0 saturated heterocycles. The number of rotatable bonds is 1. The van der Waals surface area contributed by atoms with E-state index in [-0.39, 0.29) is 0 Å². The molecule has 1 aromatic heterocycles. The highest BCUT2D eigenvalue weighted by Crippen LogP contribution is 2.17. The maximum Gasteiger partial charge on any atom is 0.106 e. The second kappa shape index (κ2) is 6.61. The van der Waals surface area contributed by atoms with Crippen LogP contribution in [0.3, 0.4) is 0 Å². The summed E-state index contributed by atoms with van der Waals surface area (Å²) in [5, 5.41) is 0. The van der Waals surface area contributed by atoms with Crippen LogP contribution >= 0.6 is 31.9 Å². The highest BCUT2D eigenvalue weighted by Gasteiger charge is 1.97. The van der Waals surface area contributed by atoms with E-state index in [0.29, 0.717) is 0 Å². The zero-order valence-electron chi connectivity index (χ0n) is 7.56. The Labute approximate surface area is 90.9 Å². The first-order valence-electron chi connectivity index (χ1n) is 4.05. The zero-order chi connectivity index (χ0) is 9.56. The summed E-state index contributed by atoms with van der Waals surface area (Å²) >= 11 is 6.71. The molecule has 68 valence electrons. The van der Waals surface area contributed by atoms with Crippen LogP contribution in [0.15, 0.2) is 21.2 Å². The lowest BCUT2D eigenvalue weighted by Gasteiger charge is -1.98. The highest BCUT2D eigenvalue weighted by molar-refractivity contribution is 9.11. The average molecular weight is 295 g/mol. The van der Waals surface area contributed by atoms with Crippen LogP contribution in [0, 0.1) is 0 Å². The Morgan fingerprint density at radius 2 is 1.83 bits per heavy atom. The second-order valence-electron chi connectivity index (χ2n) is 1.92. The Hall–Kier alpha value is 0.110. The predicted octanol–water partition coefficient (Wildman–Crippen LogP) is 4.20. The number of pyridine rings is 1. The van der Waals surface area contributed by atoms with E-state index >= 15 is 0 Å². The Balaban J connectivity index is 0.000000561. The molecule has 0 spiro atoms. The largest absolute Gasteiger partial charge is 0.245 e. The number of halogens is 2. The van der Waals surface area contributed by atoms with Crippen molar-refractivity contribution in [3.8, 4) is 0 Å². The van der Waals surface area contributed by atoms with Crippen LogP contribution in [0.5, 0.6) is 0 Å². The molecule has 0 radical (unpaired) electrons. The summed E-state index contributed by atoms with van der Waals surface area (Å²) in [5.41, 5.74) is 1.09. The molecule has 0 unspecified atom stereocenters. The van der Waals surface area contributed by atoms with Gasteiger partial charge < -0.3 is 0 Å². The summed E-state index contributed by atoms with van der Waals surface area (Å²) in [4.78, 5) is 4.26. The highest BCUT2D eigenvalue weighted by atomic mass is 79.9. The van der Waals surface area contributed by atoms with Gasteiger partial charge in [0.05, 0.1) is 5.69 Å². The minimum atomic E-state index is 0.896. The Kier molecular flexibility index (Phi) is 6.67. The van der Waals surface area contributed by atoms with Gasteiger partial charge in [-0.05, 0) is 50.4 Å². The maximum absolute atomic E-state index is 4.26. The van der Waals surface area contributed by atoms with E-state index in [1.807, 2.05) is 26.0 Å². The van der Waals surface area contributed by atoms with Crippen molar-refractivity contribution in [3.05, 3.63) is 26.9 Å². The number of aryl methyl sites for hydroxylation is 1. The quantitative estimate of drug-likeness (QED) is 0.708. The van der Waals surface area contributed by atoms with Gasteiger partial charge in [0.2, 0.25) is 0 Å². The predicted molar refractivity (Wildman–Crippen MR) is 60.4 cm³/mol. The third kappa shape index (κ3) is 3.68. The van der Waals surface area contributed by atoms with Gasteiger partial charge in [0.15, 0.2) is 0 Å². The van der Waals surface area contributed by atoms with Gasteiger partial charge in [-0.1, -0.05) is 20.8 Å². The summed E-state index contributed by atoms with van der Waals surface area (Å²) < 4.78 is 1.98. The first-order valence-corrected chi connectivity index (χ1v) is 5.63. The molecule has 1 heterocycles. The molecule has 3 heteroatoms. The molecular weight excluding hydrogens is 282 g/mol. The topological polar surface area (TPSA) is 12.9 Å². The Morgan fingerprint density at radius 3 is 2.25 bits per heavy atom. The van der Waals surface area contributed by atoms with Gasteiger partial charge in [-0.15, -0.1) is 0 Å². The van der Waals surface area contributed by atoms with Crippen LogP contribution in [0.1, 0.15) is 26.5 Å². The molecule has 0 fully saturated rings. The van der Waals surface area contributed by atoms with Gasteiger partial charge in [-0.3, -0.25) is 0 Å². The zero-order valence-corrected chi connectivity index (χ0v) is 10.7. The van der Waals surface area contributed by atoms with E-state index in [1.165, 1.54) is 0 Å². The molecule has 0 amide bonds. The molecule has 0 bridgehead atoms. The molecule has 0 aliphatic carbocycles. The van der Waals surface area contributed by atoms with Gasteiger partial charge >= 0.3 is 0 Å². The van der Waals surface area contributed by atoms with Crippen LogP contribution in [-0.2, 0) is 6.42 Å². The van der Waals surface area contributed by atoms with Crippen LogP contribution in [0.25, 0.3) is 0 Å².